The number of aryl methyl sites for hydroxylation is 1. The minimum atomic E-state index is -0.667. The molecule has 27 heavy (non-hydrogen) atoms. The molecule has 1 unspecified atom stereocenters. The van der Waals surface area contributed by atoms with E-state index in [0.717, 1.165) is 10.5 Å². The quantitative estimate of drug-likeness (QED) is 0.824. The standard InChI is InChI=1S/C20H21N3O4/c1-13-8-10-15(11-9-13)23-14(2)19(25)22(20(23)26)12-18(24)21-16-6-4-5-7-17(16)27-3/h4-11,14H,12H2,1-3H3,(H,21,24). The second kappa shape index (κ2) is 7.49. The lowest BCUT2D eigenvalue weighted by atomic mass is 10.2. The van der Waals surface area contributed by atoms with E-state index in [4.69, 9.17) is 4.74 Å². The molecular formula is C20H21N3O4. The van der Waals surface area contributed by atoms with Crippen LogP contribution in [0, 0.1) is 6.92 Å². The van der Waals surface area contributed by atoms with Gasteiger partial charge in [-0.15, -0.1) is 0 Å². The van der Waals surface area contributed by atoms with E-state index in [9.17, 15) is 14.4 Å². The SMILES string of the molecule is COc1ccccc1NC(=O)CN1C(=O)C(C)N(c2ccc(C)cc2)C1=O. The highest BCUT2D eigenvalue weighted by Crippen LogP contribution is 2.27. The van der Waals surface area contributed by atoms with Crippen LogP contribution in [-0.4, -0.2) is 42.4 Å². The topological polar surface area (TPSA) is 79.0 Å². The summed E-state index contributed by atoms with van der Waals surface area (Å²) in [5.41, 5.74) is 2.16. The third kappa shape index (κ3) is 3.62. The number of hydrogen-bond acceptors (Lipinski definition) is 4. The zero-order valence-corrected chi connectivity index (χ0v) is 15.4. The van der Waals surface area contributed by atoms with Crippen molar-refractivity contribution in [2.75, 3.05) is 23.9 Å². The zero-order chi connectivity index (χ0) is 19.6. The molecule has 0 spiro atoms. The molecule has 4 amide bonds. The number of carbonyl (C=O) groups excluding carboxylic acids is 3. The Morgan fingerprint density at radius 3 is 2.44 bits per heavy atom. The van der Waals surface area contributed by atoms with Crippen molar-refractivity contribution in [3.63, 3.8) is 0 Å². The first kappa shape index (κ1) is 18.4. The third-order valence-corrected chi connectivity index (χ3v) is 4.44. The van der Waals surface area contributed by atoms with Crippen LogP contribution in [0.5, 0.6) is 5.75 Å². The summed E-state index contributed by atoms with van der Waals surface area (Å²) in [7, 11) is 1.50. The van der Waals surface area contributed by atoms with Gasteiger partial charge in [0.05, 0.1) is 12.8 Å². The Bertz CT molecular complexity index is 879. The van der Waals surface area contributed by atoms with Gasteiger partial charge in [0.1, 0.15) is 18.3 Å². The Balaban J connectivity index is 1.75. The van der Waals surface area contributed by atoms with Crippen molar-refractivity contribution in [2.24, 2.45) is 0 Å². The lowest BCUT2D eigenvalue weighted by molar-refractivity contribution is -0.130. The molecule has 1 heterocycles. The number of anilines is 2. The summed E-state index contributed by atoms with van der Waals surface area (Å²) >= 11 is 0. The highest BCUT2D eigenvalue weighted by atomic mass is 16.5. The van der Waals surface area contributed by atoms with Crippen molar-refractivity contribution in [3.05, 3.63) is 54.1 Å². The minimum Gasteiger partial charge on any atom is -0.495 e. The molecule has 3 rings (SSSR count). The minimum absolute atomic E-state index is 0.359. The maximum absolute atomic E-state index is 12.7. The molecule has 2 aromatic carbocycles. The van der Waals surface area contributed by atoms with E-state index in [1.54, 1.807) is 43.3 Å². The Morgan fingerprint density at radius 1 is 1.11 bits per heavy atom. The van der Waals surface area contributed by atoms with Crippen LogP contribution in [0.4, 0.5) is 16.2 Å². The van der Waals surface area contributed by atoms with Crippen LogP contribution >= 0.6 is 0 Å². The van der Waals surface area contributed by atoms with Crippen molar-refractivity contribution >= 4 is 29.2 Å². The summed E-state index contributed by atoms with van der Waals surface area (Å²) in [6.07, 6.45) is 0. The van der Waals surface area contributed by atoms with Gasteiger partial charge >= 0.3 is 6.03 Å². The van der Waals surface area contributed by atoms with Gasteiger partial charge in [-0.05, 0) is 38.1 Å². The van der Waals surface area contributed by atoms with Gasteiger partial charge in [0.15, 0.2) is 0 Å². The fraction of sp³-hybridized carbons (Fsp3) is 0.250. The second-order valence-corrected chi connectivity index (χ2v) is 6.34. The highest BCUT2D eigenvalue weighted by molar-refractivity contribution is 6.16. The zero-order valence-electron chi connectivity index (χ0n) is 15.4. The molecule has 7 heteroatoms. The Labute approximate surface area is 157 Å². The van der Waals surface area contributed by atoms with Crippen LogP contribution < -0.4 is 15.0 Å². The third-order valence-electron chi connectivity index (χ3n) is 4.44. The number of benzene rings is 2. The van der Waals surface area contributed by atoms with Crippen molar-refractivity contribution in [1.82, 2.24) is 4.90 Å². The molecular weight excluding hydrogens is 346 g/mol. The highest BCUT2D eigenvalue weighted by Gasteiger charge is 2.44. The molecule has 0 saturated carbocycles. The van der Waals surface area contributed by atoms with Gasteiger partial charge in [-0.2, -0.15) is 0 Å². The Hall–Kier alpha value is -3.35. The van der Waals surface area contributed by atoms with Gasteiger partial charge in [-0.25, -0.2) is 4.79 Å². The molecule has 2 aromatic rings. The molecule has 1 atom stereocenters. The fourth-order valence-corrected chi connectivity index (χ4v) is 2.99. The molecule has 0 radical (unpaired) electrons. The fourth-order valence-electron chi connectivity index (χ4n) is 2.99. The monoisotopic (exact) mass is 367 g/mol. The number of urea groups is 1. The predicted molar refractivity (Wildman–Crippen MR) is 102 cm³/mol. The van der Waals surface area contributed by atoms with Crippen molar-refractivity contribution in [1.29, 1.82) is 0 Å². The average Bonchev–Trinajstić information content (AvgIpc) is 2.86. The number of carbonyl (C=O) groups is 3. The molecule has 1 saturated heterocycles. The number of para-hydroxylation sites is 2. The van der Waals surface area contributed by atoms with Crippen LogP contribution in [0.25, 0.3) is 0 Å². The first-order chi connectivity index (χ1) is 12.9. The van der Waals surface area contributed by atoms with Crippen LogP contribution in [0.2, 0.25) is 0 Å². The number of amides is 4. The first-order valence-corrected chi connectivity index (χ1v) is 8.56. The molecule has 0 bridgehead atoms. The molecule has 1 aliphatic rings. The van der Waals surface area contributed by atoms with E-state index >= 15 is 0 Å². The maximum Gasteiger partial charge on any atom is 0.332 e. The second-order valence-electron chi connectivity index (χ2n) is 6.34. The van der Waals surface area contributed by atoms with Crippen LogP contribution in [0.15, 0.2) is 48.5 Å². The van der Waals surface area contributed by atoms with Crippen molar-refractivity contribution in [2.45, 2.75) is 19.9 Å². The maximum atomic E-state index is 12.7. The van der Waals surface area contributed by atoms with Crippen LogP contribution in [0.3, 0.4) is 0 Å². The lowest BCUT2D eigenvalue weighted by Gasteiger charge is -2.19. The molecule has 0 aromatic heterocycles. The summed E-state index contributed by atoms with van der Waals surface area (Å²) in [6.45, 7) is 3.24. The molecule has 1 fully saturated rings. The summed E-state index contributed by atoms with van der Waals surface area (Å²) in [5.74, 6) is -0.380. The van der Waals surface area contributed by atoms with Gasteiger partial charge in [-0.3, -0.25) is 19.4 Å². The number of hydrogen-bond donors (Lipinski definition) is 1. The number of methoxy groups -OCH3 is 1. The lowest BCUT2D eigenvalue weighted by Crippen LogP contribution is -2.39. The average molecular weight is 367 g/mol. The van der Waals surface area contributed by atoms with E-state index in [0.29, 0.717) is 17.1 Å². The Morgan fingerprint density at radius 2 is 1.78 bits per heavy atom. The van der Waals surface area contributed by atoms with Gasteiger partial charge in [0.2, 0.25) is 5.91 Å². The molecule has 140 valence electrons. The predicted octanol–water partition coefficient (Wildman–Crippen LogP) is 2.80. The molecule has 7 nitrogen and oxygen atoms in total. The number of rotatable bonds is 5. The smallest absolute Gasteiger partial charge is 0.332 e. The normalized spacial score (nSPS) is 16.6. The molecule has 1 aliphatic heterocycles. The summed E-state index contributed by atoms with van der Waals surface area (Å²) in [4.78, 5) is 40.0. The summed E-state index contributed by atoms with van der Waals surface area (Å²) in [6, 6.07) is 13.1. The van der Waals surface area contributed by atoms with E-state index < -0.39 is 23.9 Å². The first-order valence-electron chi connectivity index (χ1n) is 8.56. The van der Waals surface area contributed by atoms with Gasteiger partial charge in [-0.1, -0.05) is 29.8 Å². The van der Waals surface area contributed by atoms with E-state index in [2.05, 4.69) is 5.32 Å². The van der Waals surface area contributed by atoms with E-state index in [1.807, 2.05) is 19.1 Å². The number of nitrogens with zero attached hydrogens (tertiary/aromatic N) is 2. The molecule has 0 aliphatic carbocycles. The number of ether oxygens (including phenoxy) is 1. The summed E-state index contributed by atoms with van der Waals surface area (Å²) in [5, 5.41) is 2.68. The van der Waals surface area contributed by atoms with Gasteiger partial charge < -0.3 is 10.1 Å². The van der Waals surface area contributed by atoms with Crippen molar-refractivity contribution < 1.29 is 19.1 Å². The number of nitrogens with one attached hydrogen (secondary N) is 1. The van der Waals surface area contributed by atoms with E-state index in [-0.39, 0.29) is 6.54 Å². The van der Waals surface area contributed by atoms with Gasteiger partial charge in [0.25, 0.3) is 5.91 Å². The van der Waals surface area contributed by atoms with Crippen molar-refractivity contribution in [3.8, 4) is 5.75 Å². The van der Waals surface area contributed by atoms with Crippen LogP contribution in [0.1, 0.15) is 12.5 Å². The molecule has 1 N–H and O–H groups in total. The summed E-state index contributed by atoms with van der Waals surface area (Å²) < 4.78 is 5.19. The Kier molecular flexibility index (Phi) is 5.12. The van der Waals surface area contributed by atoms with E-state index in [1.165, 1.54) is 12.0 Å². The largest absolute Gasteiger partial charge is 0.495 e. The van der Waals surface area contributed by atoms with Gasteiger partial charge in [0, 0.05) is 5.69 Å². The number of imide groups is 1. The van der Waals surface area contributed by atoms with Crippen LogP contribution in [-0.2, 0) is 9.59 Å².